The Bertz CT molecular complexity index is 1650. The van der Waals surface area contributed by atoms with Gasteiger partial charge in [0.05, 0.1) is 14.2 Å². The van der Waals surface area contributed by atoms with Gasteiger partial charge in [-0.25, -0.2) is 9.59 Å². The van der Waals surface area contributed by atoms with Gasteiger partial charge in [-0.2, -0.15) is 0 Å². The fraction of sp³-hybridized carbons (Fsp3) is 0.674. The molecule has 2 aliphatic heterocycles. The van der Waals surface area contributed by atoms with E-state index >= 15 is 0 Å². The second-order valence-electron chi connectivity index (χ2n) is 18.1. The van der Waals surface area contributed by atoms with Crippen LogP contribution in [0.1, 0.15) is 120 Å². The summed E-state index contributed by atoms with van der Waals surface area (Å²) in [6, 6.07) is 0. The molecule has 0 unspecified atom stereocenters. The van der Waals surface area contributed by atoms with E-state index in [0.29, 0.717) is 35.8 Å². The third-order valence-electron chi connectivity index (χ3n) is 12.1. The molecule has 0 saturated heterocycles. The van der Waals surface area contributed by atoms with E-state index in [2.05, 4.69) is 88.5 Å². The highest BCUT2D eigenvalue weighted by molar-refractivity contribution is 6.74. The highest BCUT2D eigenvalue weighted by Gasteiger charge is 2.44. The monoisotopic (exact) mass is 774 g/mol. The molecule has 0 bridgehead atoms. The number of benzene rings is 2. The molecule has 0 spiro atoms. The molecule has 2 aromatic rings. The number of rotatable bonds is 4. The van der Waals surface area contributed by atoms with E-state index in [4.69, 9.17) is 23.4 Å². The minimum Gasteiger partial charge on any atom is -0.543 e. The molecule has 0 aromatic heterocycles. The summed E-state index contributed by atoms with van der Waals surface area (Å²) in [4.78, 5) is 24.0. The summed E-state index contributed by atoms with van der Waals surface area (Å²) >= 11 is 0. The van der Waals surface area contributed by atoms with Crippen LogP contribution in [0.15, 0.2) is 0 Å². The van der Waals surface area contributed by atoms with Gasteiger partial charge in [0.15, 0.2) is 0 Å². The molecule has 0 aliphatic carbocycles. The molecule has 0 saturated carbocycles. The summed E-state index contributed by atoms with van der Waals surface area (Å²) in [5.74, 6) is 2.17. The maximum atomic E-state index is 12.2. The second-order valence-corrected chi connectivity index (χ2v) is 26.8. The molecule has 2 heterocycles. The Balaban J connectivity index is 0.000000455. The van der Waals surface area contributed by atoms with Crippen molar-refractivity contribution in [2.45, 2.75) is 178 Å². The summed E-state index contributed by atoms with van der Waals surface area (Å²) < 4.78 is 28.6. The predicted molar refractivity (Wildman–Crippen MR) is 225 cm³/mol. The lowest BCUT2D eigenvalue weighted by atomic mass is 9.87. The lowest BCUT2D eigenvalue weighted by molar-refractivity contribution is -0.159. The van der Waals surface area contributed by atoms with Crippen LogP contribution in [0.5, 0.6) is 23.0 Å². The van der Waals surface area contributed by atoms with Gasteiger partial charge in [0.2, 0.25) is 11.2 Å². The highest BCUT2D eigenvalue weighted by atomic mass is 28.4. The summed E-state index contributed by atoms with van der Waals surface area (Å²) in [7, 11) is 0.474. The molecule has 2 atom stereocenters. The normalized spacial score (nSPS) is 19.3. The van der Waals surface area contributed by atoms with Crippen molar-refractivity contribution < 1.29 is 38.1 Å². The Morgan fingerprint density at radius 1 is 0.698 bits per heavy atom. The van der Waals surface area contributed by atoms with E-state index in [1.165, 1.54) is 14.2 Å². The fourth-order valence-corrected chi connectivity index (χ4v) is 6.89. The lowest BCUT2D eigenvalue weighted by Crippen LogP contribution is -2.46. The van der Waals surface area contributed by atoms with E-state index in [-0.39, 0.29) is 33.2 Å². The summed E-state index contributed by atoms with van der Waals surface area (Å²) in [5.41, 5.74) is 6.08. The molecule has 1 N–H and O–H groups in total. The molecule has 2 aliphatic rings. The molecule has 0 amide bonds. The first-order chi connectivity index (χ1) is 23.5. The van der Waals surface area contributed by atoms with Crippen LogP contribution in [0.3, 0.4) is 0 Å². The molecule has 10 heteroatoms. The third-order valence-corrected chi connectivity index (χ3v) is 19.9. The van der Waals surface area contributed by atoms with Crippen molar-refractivity contribution in [3.63, 3.8) is 0 Å². The topological polar surface area (TPSA) is 101 Å². The first-order valence-electron chi connectivity index (χ1n) is 18.7. The van der Waals surface area contributed by atoms with Crippen molar-refractivity contribution in [3.8, 4) is 23.0 Å². The smallest absolute Gasteiger partial charge is 0.349 e. The molecule has 8 nitrogen and oxygen atoms in total. The average Bonchev–Trinajstić information content (AvgIpc) is 3.06. The van der Waals surface area contributed by atoms with Crippen LogP contribution in [0.2, 0.25) is 36.3 Å². The number of esters is 2. The number of ether oxygens (including phenoxy) is 4. The minimum atomic E-state index is -1.94. The van der Waals surface area contributed by atoms with E-state index in [0.717, 1.165) is 62.4 Å². The summed E-state index contributed by atoms with van der Waals surface area (Å²) in [6.45, 7) is 38.5. The standard InChI is InChI=1S/C21H34O4Si.C15H20O4.C6H16Si.CH4/c1-13-14(2)18-16(11-12-21(7,24-18)19(22)23-8)15(3)17(13)25-26(9,10)20(4,5)6;1-8-9(2)13-11(10(3)12(8)16)6-7-15(4,19-13)14(17)18-5;1-6(2,3)7(4)5;/h11-12H2,1-10H3;16H,6-7H2,1-5H3;7H,1-5H3;1H4/t21-;15-;;/m00../s1. The van der Waals surface area contributed by atoms with Gasteiger partial charge >= 0.3 is 11.9 Å². The first kappa shape index (κ1) is 48.0. The molecule has 53 heavy (non-hydrogen) atoms. The van der Waals surface area contributed by atoms with Crippen molar-refractivity contribution in [1.82, 2.24) is 0 Å². The lowest BCUT2D eigenvalue weighted by Gasteiger charge is -2.40. The largest absolute Gasteiger partial charge is 0.543 e. The highest BCUT2D eigenvalue weighted by Crippen LogP contribution is 2.47. The van der Waals surface area contributed by atoms with Crippen molar-refractivity contribution in [3.05, 3.63) is 44.5 Å². The Morgan fingerprint density at radius 2 is 1.06 bits per heavy atom. The number of carbonyl (C=O) groups excluding carboxylic acids is 2. The number of aromatic hydroxyl groups is 1. The van der Waals surface area contributed by atoms with Gasteiger partial charge in [0, 0.05) is 32.8 Å². The minimum absolute atomic E-state index is 0. The summed E-state index contributed by atoms with van der Waals surface area (Å²) in [5, 5.41) is 10.9. The van der Waals surface area contributed by atoms with Gasteiger partial charge in [-0.05, 0) is 125 Å². The average molecular weight is 775 g/mol. The fourth-order valence-electron chi connectivity index (χ4n) is 5.76. The number of phenols is 1. The molecule has 0 fully saturated rings. The number of hydrogen-bond acceptors (Lipinski definition) is 8. The maximum Gasteiger partial charge on any atom is 0.349 e. The van der Waals surface area contributed by atoms with Crippen LogP contribution >= 0.6 is 0 Å². The number of hydrogen-bond donors (Lipinski definition) is 1. The number of carbonyl (C=O) groups is 2. The van der Waals surface area contributed by atoms with E-state index in [1.54, 1.807) is 6.92 Å². The van der Waals surface area contributed by atoms with Gasteiger partial charge in [0.25, 0.3) is 8.32 Å². The Labute approximate surface area is 325 Å². The Morgan fingerprint density at radius 3 is 1.40 bits per heavy atom. The molecule has 0 radical (unpaired) electrons. The molecular formula is C43H74O8Si2. The van der Waals surface area contributed by atoms with Gasteiger partial charge in [0.1, 0.15) is 23.0 Å². The molecule has 4 rings (SSSR count). The first-order valence-corrected chi connectivity index (χ1v) is 24.5. The predicted octanol–water partition coefficient (Wildman–Crippen LogP) is 10.7. The number of methoxy groups -OCH3 is 2. The van der Waals surface area contributed by atoms with E-state index < -0.39 is 19.5 Å². The van der Waals surface area contributed by atoms with Gasteiger partial charge in [-0.3, -0.25) is 0 Å². The van der Waals surface area contributed by atoms with Crippen molar-refractivity contribution in [2.75, 3.05) is 14.2 Å². The second kappa shape index (κ2) is 17.2. The van der Waals surface area contributed by atoms with E-state index in [1.807, 2.05) is 27.7 Å². The van der Waals surface area contributed by atoms with Crippen molar-refractivity contribution >= 4 is 29.1 Å². The van der Waals surface area contributed by atoms with Crippen LogP contribution < -0.4 is 13.9 Å². The zero-order valence-electron chi connectivity index (χ0n) is 36.2. The van der Waals surface area contributed by atoms with Gasteiger partial charge in [-0.1, -0.05) is 62.1 Å². The Hall–Kier alpha value is -2.99. The number of fused-ring (bicyclic) bond motifs is 2. The van der Waals surface area contributed by atoms with Crippen LogP contribution in [0.25, 0.3) is 0 Å². The van der Waals surface area contributed by atoms with Gasteiger partial charge in [-0.15, -0.1) is 0 Å². The zero-order chi connectivity index (χ0) is 40.5. The zero-order valence-corrected chi connectivity index (χ0v) is 38.4. The summed E-state index contributed by atoms with van der Waals surface area (Å²) in [6.07, 6.45) is 2.63. The molecule has 302 valence electrons. The number of phenolic OH excluding ortho intramolecular Hbond substituents is 1. The SMILES string of the molecule is C.COC(=O)[C@]1(C)CCc2c(C)c(O)c(C)c(C)c2O1.COC(=O)[C@]1(C)CCc2c(C)c(O[Si](C)(C)C(C)(C)C)c(C)c(C)c2O1.C[SiH](C)C(C)(C)C. The third kappa shape index (κ3) is 10.2. The molecule has 2 aromatic carbocycles. The maximum absolute atomic E-state index is 12.2. The van der Waals surface area contributed by atoms with Crippen LogP contribution in [-0.4, -0.2) is 59.6 Å². The molecular weight excluding hydrogens is 701 g/mol. The van der Waals surface area contributed by atoms with Crippen molar-refractivity contribution in [1.29, 1.82) is 0 Å². The van der Waals surface area contributed by atoms with Crippen LogP contribution in [0, 0.1) is 41.5 Å². The van der Waals surface area contributed by atoms with E-state index in [9.17, 15) is 14.7 Å². The van der Waals surface area contributed by atoms with Crippen LogP contribution in [0.4, 0.5) is 0 Å². The Kier molecular flexibility index (Phi) is 15.6. The van der Waals surface area contributed by atoms with Crippen molar-refractivity contribution in [2.24, 2.45) is 0 Å². The quantitative estimate of drug-likeness (QED) is 0.242. The van der Waals surface area contributed by atoms with Crippen LogP contribution in [-0.2, 0) is 31.9 Å². The van der Waals surface area contributed by atoms with Gasteiger partial charge < -0.3 is 28.5 Å².